The molecule has 0 bridgehead atoms. The van der Waals surface area contributed by atoms with Crippen LogP contribution in [-0.4, -0.2) is 39.1 Å². The van der Waals surface area contributed by atoms with Gasteiger partial charge in [-0.3, -0.25) is 9.78 Å². The number of hydrogen-bond acceptors (Lipinski definition) is 7. The van der Waals surface area contributed by atoms with Crippen LogP contribution in [0.15, 0.2) is 47.4 Å². The molecule has 0 saturated carbocycles. The van der Waals surface area contributed by atoms with Gasteiger partial charge in [-0.2, -0.15) is 4.98 Å². The highest BCUT2D eigenvalue weighted by atomic mass is 16.5. The smallest absolute Gasteiger partial charge is 0.227 e. The maximum Gasteiger partial charge on any atom is 0.227 e. The Morgan fingerprint density at radius 3 is 2.67 bits per heavy atom. The zero-order valence-corrected chi connectivity index (χ0v) is 17.0. The van der Waals surface area contributed by atoms with Crippen LogP contribution in [0.25, 0.3) is 11.4 Å². The van der Waals surface area contributed by atoms with Gasteiger partial charge < -0.3 is 14.7 Å². The molecular formula is C22H26N6O2. The summed E-state index contributed by atoms with van der Waals surface area (Å²) in [5, 5.41) is 6.93. The minimum atomic E-state index is -0.0493. The first kappa shape index (κ1) is 20.0. The molecule has 1 amide bonds. The molecule has 4 heterocycles. The first-order valence-electron chi connectivity index (χ1n) is 10.5. The largest absolute Gasteiger partial charge is 0.357 e. The number of anilines is 1. The van der Waals surface area contributed by atoms with Crippen molar-refractivity contribution in [2.45, 2.75) is 45.1 Å². The van der Waals surface area contributed by atoms with E-state index in [0.717, 1.165) is 30.0 Å². The Hall–Kier alpha value is -3.29. The van der Waals surface area contributed by atoms with Gasteiger partial charge in [0.15, 0.2) is 0 Å². The van der Waals surface area contributed by atoms with Crippen LogP contribution in [0.3, 0.4) is 0 Å². The highest BCUT2D eigenvalue weighted by molar-refractivity contribution is 5.76. The van der Waals surface area contributed by atoms with Gasteiger partial charge in [0.2, 0.25) is 17.6 Å². The standard InChI is InChI=1S/C22H26N6O2/c29-20(5-6-21-26-22(27-30-21)18-8-10-23-11-9-18)25-16-17-7-12-24-19(15-17)28-13-3-1-2-4-14-28/h7-12,15H,1-6,13-14,16H2,(H,25,29). The van der Waals surface area contributed by atoms with Crippen LogP contribution >= 0.6 is 0 Å². The Morgan fingerprint density at radius 2 is 1.87 bits per heavy atom. The molecule has 1 aliphatic heterocycles. The van der Waals surface area contributed by atoms with E-state index in [1.165, 1.54) is 25.7 Å². The zero-order chi connectivity index (χ0) is 20.6. The lowest BCUT2D eigenvalue weighted by Gasteiger charge is -2.21. The van der Waals surface area contributed by atoms with E-state index >= 15 is 0 Å². The molecular weight excluding hydrogens is 380 g/mol. The maximum atomic E-state index is 12.3. The second-order valence-corrected chi connectivity index (χ2v) is 7.45. The molecule has 3 aromatic heterocycles. The van der Waals surface area contributed by atoms with E-state index < -0.39 is 0 Å². The summed E-state index contributed by atoms with van der Waals surface area (Å²) in [6.07, 6.45) is 10.9. The number of pyridine rings is 2. The minimum absolute atomic E-state index is 0.0493. The van der Waals surface area contributed by atoms with Gasteiger partial charge >= 0.3 is 0 Å². The maximum absolute atomic E-state index is 12.3. The first-order chi connectivity index (χ1) is 14.8. The van der Waals surface area contributed by atoms with E-state index in [1.807, 2.05) is 24.4 Å². The van der Waals surface area contributed by atoms with Crippen molar-refractivity contribution in [1.82, 2.24) is 25.4 Å². The van der Waals surface area contributed by atoms with Gasteiger partial charge in [0.25, 0.3) is 0 Å². The molecule has 8 nitrogen and oxygen atoms in total. The number of carbonyl (C=O) groups is 1. The van der Waals surface area contributed by atoms with Gasteiger partial charge in [0.05, 0.1) is 0 Å². The molecule has 1 aliphatic rings. The lowest BCUT2D eigenvalue weighted by Crippen LogP contribution is -2.26. The molecule has 0 radical (unpaired) electrons. The number of rotatable bonds is 7. The van der Waals surface area contributed by atoms with Gasteiger partial charge in [-0.15, -0.1) is 0 Å². The first-order valence-corrected chi connectivity index (χ1v) is 10.5. The highest BCUT2D eigenvalue weighted by Crippen LogP contribution is 2.18. The summed E-state index contributed by atoms with van der Waals surface area (Å²) >= 11 is 0. The Kier molecular flexibility index (Phi) is 6.64. The lowest BCUT2D eigenvalue weighted by molar-refractivity contribution is -0.121. The summed E-state index contributed by atoms with van der Waals surface area (Å²) < 4.78 is 5.25. The van der Waals surface area contributed by atoms with Crippen LogP contribution < -0.4 is 10.2 Å². The highest BCUT2D eigenvalue weighted by Gasteiger charge is 2.13. The number of nitrogens with zero attached hydrogens (tertiary/aromatic N) is 5. The van der Waals surface area contributed by atoms with E-state index in [1.54, 1.807) is 12.4 Å². The fourth-order valence-corrected chi connectivity index (χ4v) is 3.53. The number of carbonyl (C=O) groups excluding carboxylic acids is 1. The number of aromatic nitrogens is 4. The molecule has 30 heavy (non-hydrogen) atoms. The fourth-order valence-electron chi connectivity index (χ4n) is 3.53. The fraction of sp³-hybridized carbons (Fsp3) is 0.409. The SMILES string of the molecule is O=C(CCc1nc(-c2ccncc2)no1)NCc1ccnc(N2CCCCCC2)c1. The monoisotopic (exact) mass is 406 g/mol. The minimum Gasteiger partial charge on any atom is -0.357 e. The van der Waals surface area contributed by atoms with Crippen LogP contribution in [0.1, 0.15) is 43.6 Å². The molecule has 0 aromatic carbocycles. The van der Waals surface area contributed by atoms with Crippen molar-refractivity contribution in [3.63, 3.8) is 0 Å². The van der Waals surface area contributed by atoms with Crippen LogP contribution in [0.5, 0.6) is 0 Å². The molecule has 4 rings (SSSR count). The zero-order valence-electron chi connectivity index (χ0n) is 17.0. The number of nitrogens with one attached hydrogen (secondary N) is 1. The second-order valence-electron chi connectivity index (χ2n) is 7.45. The number of amides is 1. The van der Waals surface area contributed by atoms with Gasteiger partial charge in [-0.25, -0.2) is 4.98 Å². The van der Waals surface area contributed by atoms with E-state index in [0.29, 0.717) is 31.1 Å². The Labute approximate surface area is 175 Å². The summed E-state index contributed by atoms with van der Waals surface area (Å²) in [4.78, 5) is 27.4. The van der Waals surface area contributed by atoms with Crippen molar-refractivity contribution in [3.05, 3.63) is 54.3 Å². The Balaban J connectivity index is 1.26. The third-order valence-corrected chi connectivity index (χ3v) is 5.20. The van der Waals surface area contributed by atoms with Gasteiger partial charge in [0.1, 0.15) is 5.82 Å². The molecule has 0 aliphatic carbocycles. The van der Waals surface area contributed by atoms with Crippen LogP contribution in [-0.2, 0) is 17.8 Å². The van der Waals surface area contributed by atoms with Crippen LogP contribution in [0.2, 0.25) is 0 Å². The topological polar surface area (TPSA) is 97.0 Å². The average molecular weight is 406 g/mol. The molecule has 3 aromatic rings. The molecule has 1 saturated heterocycles. The van der Waals surface area contributed by atoms with E-state index in [-0.39, 0.29) is 5.91 Å². The molecule has 0 unspecified atom stereocenters. The van der Waals surface area contributed by atoms with E-state index in [4.69, 9.17) is 4.52 Å². The average Bonchev–Trinajstić information content (AvgIpc) is 3.10. The van der Waals surface area contributed by atoms with Gasteiger partial charge in [-0.1, -0.05) is 18.0 Å². The quantitative estimate of drug-likeness (QED) is 0.644. The summed E-state index contributed by atoms with van der Waals surface area (Å²) in [6, 6.07) is 7.65. The third-order valence-electron chi connectivity index (χ3n) is 5.20. The molecule has 1 fully saturated rings. The number of aryl methyl sites for hydroxylation is 1. The lowest BCUT2D eigenvalue weighted by atomic mass is 10.2. The van der Waals surface area contributed by atoms with Crippen molar-refractivity contribution in [2.24, 2.45) is 0 Å². The van der Waals surface area contributed by atoms with Gasteiger partial charge in [0, 0.05) is 56.6 Å². The summed E-state index contributed by atoms with van der Waals surface area (Å²) in [5.41, 5.74) is 1.89. The van der Waals surface area contributed by atoms with E-state index in [9.17, 15) is 4.79 Å². The van der Waals surface area contributed by atoms with Crippen LogP contribution in [0, 0.1) is 0 Å². The molecule has 0 atom stereocenters. The predicted octanol–water partition coefficient (Wildman–Crippen LogP) is 3.16. The van der Waals surface area contributed by atoms with Crippen molar-refractivity contribution < 1.29 is 9.32 Å². The van der Waals surface area contributed by atoms with Crippen molar-refractivity contribution in [1.29, 1.82) is 0 Å². The van der Waals surface area contributed by atoms with Crippen molar-refractivity contribution in [2.75, 3.05) is 18.0 Å². The Morgan fingerprint density at radius 1 is 1.07 bits per heavy atom. The predicted molar refractivity (Wildman–Crippen MR) is 113 cm³/mol. The van der Waals surface area contributed by atoms with Gasteiger partial charge in [-0.05, 0) is 42.7 Å². The molecule has 0 spiro atoms. The normalized spacial score (nSPS) is 14.3. The molecule has 156 valence electrons. The summed E-state index contributed by atoms with van der Waals surface area (Å²) in [7, 11) is 0. The van der Waals surface area contributed by atoms with Crippen LogP contribution in [0.4, 0.5) is 5.82 Å². The Bertz CT molecular complexity index is 951. The summed E-state index contributed by atoms with van der Waals surface area (Å²) in [5.74, 6) is 1.90. The van der Waals surface area contributed by atoms with E-state index in [2.05, 4.69) is 36.4 Å². The van der Waals surface area contributed by atoms with Crippen molar-refractivity contribution in [3.8, 4) is 11.4 Å². The molecule has 8 heteroatoms. The summed E-state index contributed by atoms with van der Waals surface area (Å²) in [6.45, 7) is 2.58. The number of hydrogen-bond donors (Lipinski definition) is 1. The second kappa shape index (κ2) is 9.96. The third kappa shape index (κ3) is 5.40. The van der Waals surface area contributed by atoms with Crippen molar-refractivity contribution >= 4 is 11.7 Å². The molecule has 1 N–H and O–H groups in total.